The van der Waals surface area contributed by atoms with Crippen molar-refractivity contribution in [3.05, 3.63) is 65.1 Å². The van der Waals surface area contributed by atoms with Gasteiger partial charge in [0.15, 0.2) is 24.2 Å². The molecule has 0 aliphatic carbocycles. The maximum Gasteiger partial charge on any atom is 0.323 e. The number of methoxy groups -OCH3 is 1. The zero-order chi connectivity index (χ0) is 27.5. The van der Waals surface area contributed by atoms with Gasteiger partial charge < -0.3 is 37.1 Å². The van der Waals surface area contributed by atoms with E-state index in [0.717, 1.165) is 25.1 Å². The first-order valence-corrected chi connectivity index (χ1v) is 15.5. The third kappa shape index (κ3) is 12.7. The van der Waals surface area contributed by atoms with E-state index in [1.54, 1.807) is 18.4 Å². The summed E-state index contributed by atoms with van der Waals surface area (Å²) >= 11 is 1.67. The summed E-state index contributed by atoms with van der Waals surface area (Å²) in [6, 6.07) is 13.1. The molecular formula is C32H46BrN3O3S. The number of nitrogens with one attached hydrogen (secondary N) is 2. The molecule has 0 saturated heterocycles. The summed E-state index contributed by atoms with van der Waals surface area (Å²) in [4.78, 5) is 12.7. The standard InChI is InChI=1S/C32H45N3O3S.BrH/c1-3-4-5-6-7-8-9-10-11-12-13-14-23-38-31-29(16-15-17-30(31)37-2)34-32(36)33-28-20-18-27(19-21-28)25-35-22-24-39-26-35;/h15-22,24,26H,3-14,23,25H2,1-2H3,(H-,33,34,36);1H. The number of rotatable bonds is 19. The predicted molar refractivity (Wildman–Crippen MR) is 162 cm³/mol. The van der Waals surface area contributed by atoms with Crippen molar-refractivity contribution >= 4 is 28.7 Å². The van der Waals surface area contributed by atoms with E-state index in [9.17, 15) is 4.79 Å². The summed E-state index contributed by atoms with van der Waals surface area (Å²) in [7, 11) is 1.62. The smallest absolute Gasteiger partial charge is 0.323 e. The highest BCUT2D eigenvalue weighted by atomic mass is 79.9. The quantitative estimate of drug-likeness (QED) is 0.129. The lowest BCUT2D eigenvalue weighted by Gasteiger charge is -2.16. The number of nitrogens with zero attached hydrogens (tertiary/aromatic N) is 1. The Morgan fingerprint density at radius 1 is 0.850 bits per heavy atom. The topological polar surface area (TPSA) is 63.5 Å². The van der Waals surface area contributed by atoms with Crippen LogP contribution in [0.2, 0.25) is 0 Å². The van der Waals surface area contributed by atoms with Gasteiger partial charge in [0, 0.05) is 11.3 Å². The molecule has 0 aliphatic rings. The Bertz CT molecular complexity index is 1080. The molecule has 0 aliphatic heterocycles. The summed E-state index contributed by atoms with van der Waals surface area (Å²) < 4.78 is 13.7. The van der Waals surface area contributed by atoms with Crippen LogP contribution in [0.25, 0.3) is 0 Å². The van der Waals surface area contributed by atoms with Crippen molar-refractivity contribution in [2.75, 3.05) is 24.4 Å². The lowest BCUT2D eigenvalue weighted by Crippen LogP contribution is -3.00. The van der Waals surface area contributed by atoms with E-state index in [2.05, 4.69) is 39.2 Å². The first kappa shape index (κ1) is 33.6. The maximum atomic E-state index is 12.7. The van der Waals surface area contributed by atoms with Crippen LogP contribution in [0.1, 0.15) is 89.5 Å². The van der Waals surface area contributed by atoms with Gasteiger partial charge in [0.1, 0.15) is 0 Å². The SMILES string of the molecule is CCCCCCCCCCCCCCOc1c(NC(=O)Nc2ccc(C[n+]3ccsc3)cc2)cccc1OC.[Br-]. The predicted octanol–water partition coefficient (Wildman–Crippen LogP) is 5.82. The number of unbranched alkanes of at least 4 members (excludes halogenated alkanes) is 11. The molecule has 0 unspecified atom stereocenters. The molecule has 0 atom stereocenters. The highest BCUT2D eigenvalue weighted by Gasteiger charge is 2.14. The number of aromatic nitrogens is 1. The van der Waals surface area contributed by atoms with Crippen molar-refractivity contribution in [2.24, 2.45) is 0 Å². The molecule has 0 bridgehead atoms. The Hall–Kier alpha value is -2.58. The van der Waals surface area contributed by atoms with Crippen LogP contribution in [-0.2, 0) is 6.54 Å². The van der Waals surface area contributed by atoms with Crippen LogP contribution in [0, 0.1) is 0 Å². The number of para-hydroxylation sites is 1. The molecule has 2 aromatic carbocycles. The summed E-state index contributed by atoms with van der Waals surface area (Å²) in [6.45, 7) is 3.67. The lowest BCUT2D eigenvalue weighted by atomic mass is 10.1. The molecule has 220 valence electrons. The number of hydrogen-bond acceptors (Lipinski definition) is 4. The number of urea groups is 1. The van der Waals surface area contributed by atoms with Crippen molar-refractivity contribution in [3.63, 3.8) is 0 Å². The van der Waals surface area contributed by atoms with Gasteiger partial charge in [0.2, 0.25) is 5.51 Å². The van der Waals surface area contributed by atoms with E-state index in [1.165, 1.54) is 69.8 Å². The molecule has 0 radical (unpaired) electrons. The van der Waals surface area contributed by atoms with E-state index in [-0.39, 0.29) is 23.0 Å². The van der Waals surface area contributed by atoms with E-state index >= 15 is 0 Å². The summed E-state index contributed by atoms with van der Waals surface area (Å²) in [5.41, 5.74) is 4.57. The first-order chi connectivity index (χ1) is 19.2. The molecule has 2 N–H and O–H groups in total. The third-order valence-electron chi connectivity index (χ3n) is 6.80. The lowest BCUT2D eigenvalue weighted by molar-refractivity contribution is -0.683. The van der Waals surface area contributed by atoms with Crippen LogP contribution in [-0.4, -0.2) is 19.7 Å². The molecule has 3 rings (SSSR count). The Kier molecular flexibility index (Phi) is 17.1. The molecule has 1 aromatic heterocycles. The molecular weight excluding hydrogens is 586 g/mol. The van der Waals surface area contributed by atoms with Crippen LogP contribution < -0.4 is 41.7 Å². The van der Waals surface area contributed by atoms with Crippen LogP contribution in [0.3, 0.4) is 0 Å². The fourth-order valence-electron chi connectivity index (χ4n) is 4.58. The highest BCUT2D eigenvalue weighted by Crippen LogP contribution is 2.35. The van der Waals surface area contributed by atoms with Gasteiger partial charge in [-0.3, -0.25) is 0 Å². The number of thiazole rings is 1. The molecule has 40 heavy (non-hydrogen) atoms. The van der Waals surface area contributed by atoms with Gasteiger partial charge in [-0.05, 0) is 30.7 Å². The van der Waals surface area contributed by atoms with Gasteiger partial charge in [-0.2, -0.15) is 4.57 Å². The maximum absolute atomic E-state index is 12.7. The monoisotopic (exact) mass is 631 g/mol. The van der Waals surface area contributed by atoms with Crippen molar-refractivity contribution in [1.82, 2.24) is 0 Å². The van der Waals surface area contributed by atoms with Gasteiger partial charge in [-0.15, -0.1) is 0 Å². The minimum atomic E-state index is -0.321. The number of ether oxygens (including phenoxy) is 2. The van der Waals surface area contributed by atoms with Crippen molar-refractivity contribution in [3.8, 4) is 11.5 Å². The molecule has 1 heterocycles. The zero-order valence-corrected chi connectivity index (χ0v) is 26.5. The Balaban J connectivity index is 0.00000560. The number of hydrogen-bond donors (Lipinski definition) is 2. The second kappa shape index (κ2) is 20.3. The van der Waals surface area contributed by atoms with Crippen molar-refractivity contribution < 1.29 is 35.8 Å². The van der Waals surface area contributed by atoms with E-state index < -0.39 is 0 Å². The molecule has 0 saturated carbocycles. The first-order valence-electron chi connectivity index (χ1n) is 14.6. The molecule has 3 aromatic rings. The number of amides is 2. The fraction of sp³-hybridized carbons (Fsp3) is 0.500. The average molecular weight is 633 g/mol. The van der Waals surface area contributed by atoms with Crippen molar-refractivity contribution in [1.29, 1.82) is 0 Å². The molecule has 0 fully saturated rings. The van der Waals surface area contributed by atoms with Gasteiger partial charge in [-0.25, -0.2) is 4.79 Å². The van der Waals surface area contributed by atoms with Gasteiger partial charge >= 0.3 is 6.03 Å². The van der Waals surface area contributed by atoms with E-state index in [1.807, 2.05) is 42.5 Å². The Morgan fingerprint density at radius 3 is 2.10 bits per heavy atom. The largest absolute Gasteiger partial charge is 1.00 e. The van der Waals surface area contributed by atoms with Gasteiger partial charge in [0.25, 0.3) is 0 Å². The summed E-state index contributed by atoms with van der Waals surface area (Å²) in [5.74, 6) is 1.18. The van der Waals surface area contributed by atoms with Gasteiger partial charge in [-0.1, -0.05) is 107 Å². The number of benzene rings is 2. The Morgan fingerprint density at radius 2 is 1.50 bits per heavy atom. The minimum absolute atomic E-state index is 0. The van der Waals surface area contributed by atoms with E-state index in [0.29, 0.717) is 23.8 Å². The second-order valence-electron chi connectivity index (χ2n) is 10.0. The van der Waals surface area contributed by atoms with Crippen LogP contribution >= 0.6 is 11.3 Å². The second-order valence-corrected chi connectivity index (χ2v) is 10.8. The van der Waals surface area contributed by atoms with Crippen molar-refractivity contribution in [2.45, 2.75) is 90.5 Å². The summed E-state index contributed by atoms with van der Waals surface area (Å²) in [5, 5.41) is 7.88. The minimum Gasteiger partial charge on any atom is -1.00 e. The summed E-state index contributed by atoms with van der Waals surface area (Å²) in [6.07, 6.45) is 17.7. The molecule has 8 heteroatoms. The number of carbonyl (C=O) groups is 1. The molecule has 0 spiro atoms. The highest BCUT2D eigenvalue weighted by molar-refractivity contribution is 7.07. The third-order valence-corrected chi connectivity index (χ3v) is 7.47. The normalized spacial score (nSPS) is 10.6. The number of anilines is 2. The zero-order valence-electron chi connectivity index (χ0n) is 24.1. The molecule has 2 amide bonds. The van der Waals surface area contributed by atoms with Crippen LogP contribution in [0.15, 0.2) is 59.6 Å². The van der Waals surface area contributed by atoms with Crippen LogP contribution in [0.4, 0.5) is 16.2 Å². The average Bonchev–Trinajstić information content (AvgIpc) is 3.46. The Labute approximate surface area is 255 Å². The van der Waals surface area contributed by atoms with Crippen LogP contribution in [0.5, 0.6) is 11.5 Å². The van der Waals surface area contributed by atoms with Gasteiger partial charge in [0.05, 0.1) is 24.8 Å². The number of halogens is 1. The number of carbonyl (C=O) groups excluding carboxylic acids is 1. The fourth-order valence-corrected chi connectivity index (χ4v) is 5.18. The molecule has 6 nitrogen and oxygen atoms in total. The van der Waals surface area contributed by atoms with E-state index in [4.69, 9.17) is 9.47 Å².